The van der Waals surface area contributed by atoms with Crippen LogP contribution in [0.5, 0.6) is 0 Å². The maximum absolute atomic E-state index is 8.25. The predicted octanol–water partition coefficient (Wildman–Crippen LogP) is -3.76. The summed E-state index contributed by atoms with van der Waals surface area (Å²) in [5.74, 6) is 0. The summed E-state index contributed by atoms with van der Waals surface area (Å²) in [6.45, 7) is 0. The van der Waals surface area contributed by atoms with Crippen LogP contribution in [0.1, 0.15) is 0 Å². The van der Waals surface area contributed by atoms with Crippen molar-refractivity contribution in [2.45, 2.75) is 0 Å². The Hall–Kier alpha value is 0.252. The Balaban J connectivity index is -0.0000000400. The van der Waals surface area contributed by atoms with Gasteiger partial charge in [0.05, 0.1) is 0 Å². The van der Waals surface area contributed by atoms with Gasteiger partial charge in [0.15, 0.2) is 0 Å². The molecule has 0 bridgehead atoms. The first kappa shape index (κ1) is 15.7. The first-order chi connectivity index (χ1) is 2.83. The molecule has 0 aliphatic carbocycles. The Labute approximate surface area is 61.7 Å². The van der Waals surface area contributed by atoms with Crippen LogP contribution in [0.4, 0.5) is 0 Å². The first-order valence-corrected chi connectivity index (χ1v) is 0.943. The average molecular weight is 293 g/mol. The number of hydrogen-bond acceptors (Lipinski definition) is 4. The van der Waals surface area contributed by atoms with E-state index in [0.717, 1.165) is 0 Å². The van der Waals surface area contributed by atoms with Crippen molar-refractivity contribution in [1.82, 2.24) is 0 Å². The van der Waals surface area contributed by atoms with Crippen molar-refractivity contribution >= 4 is 42.0 Å². The molecule has 2 radical (unpaired) electrons. The van der Waals surface area contributed by atoms with Crippen LogP contribution < -0.4 is 10.0 Å². The summed E-state index contributed by atoms with van der Waals surface area (Å²) in [4.78, 5) is 0. The summed E-state index contributed by atoms with van der Waals surface area (Å²) in [5, 5.41) is 16.5. The maximum atomic E-state index is 8.25. The van der Waals surface area contributed by atoms with E-state index in [1.165, 1.54) is 0 Å². The van der Waals surface area contributed by atoms with E-state index in [2.05, 4.69) is 0 Å². The van der Waals surface area contributed by atoms with Gasteiger partial charge in [0.1, 0.15) is 0 Å². The Bertz CT molecular complexity index is 30.7. The third kappa shape index (κ3) is 1780. The molecule has 0 unspecified atom stereocenters. The Morgan fingerprint density at radius 3 is 1.00 bits per heavy atom. The SMILES string of the molecule is O=B[O-].O=B[O-].[Pb+2]. The summed E-state index contributed by atoms with van der Waals surface area (Å²) in [6, 6.07) is 0. The number of rotatable bonds is 0. The van der Waals surface area contributed by atoms with E-state index in [9.17, 15) is 0 Å². The molecule has 0 aromatic rings. The van der Waals surface area contributed by atoms with Gasteiger partial charge in [0.2, 0.25) is 0 Å². The van der Waals surface area contributed by atoms with Crippen LogP contribution in [-0.2, 0) is 9.41 Å². The largest absolute Gasteiger partial charge is 2.00 e. The minimum atomic E-state index is -0.500. The van der Waals surface area contributed by atoms with Gasteiger partial charge in [-0.15, -0.1) is 0 Å². The summed E-state index contributed by atoms with van der Waals surface area (Å²) < 4.78 is 16.5. The summed E-state index contributed by atoms with van der Waals surface area (Å²) in [6.07, 6.45) is 0. The first-order valence-electron chi connectivity index (χ1n) is 0.943. The van der Waals surface area contributed by atoms with E-state index in [1.54, 1.807) is 0 Å². The van der Waals surface area contributed by atoms with Gasteiger partial charge in [-0.05, 0) is 0 Å². The van der Waals surface area contributed by atoms with E-state index >= 15 is 0 Å². The second-order valence-electron chi connectivity index (χ2n) is 0.192. The van der Waals surface area contributed by atoms with Crippen molar-refractivity contribution in [3.63, 3.8) is 0 Å². The maximum Gasteiger partial charge on any atom is 2.00 e. The molecule has 0 atom stereocenters. The van der Waals surface area contributed by atoms with Gasteiger partial charge in [-0.2, -0.15) is 0 Å². The monoisotopic (exact) mass is 294 g/mol. The van der Waals surface area contributed by atoms with E-state index in [4.69, 9.17) is 19.5 Å². The van der Waals surface area contributed by atoms with Crippen molar-refractivity contribution < 1.29 is 19.5 Å². The summed E-state index contributed by atoms with van der Waals surface area (Å²) >= 11 is 0. The van der Waals surface area contributed by atoms with Crippen LogP contribution in [0.15, 0.2) is 0 Å². The molecule has 0 heterocycles. The molecule has 0 N–H and O–H groups in total. The molecule has 0 spiro atoms. The van der Waals surface area contributed by atoms with Crippen molar-refractivity contribution in [3.8, 4) is 0 Å². The molecule has 34 valence electrons. The van der Waals surface area contributed by atoms with Gasteiger partial charge in [-0.25, -0.2) is 0 Å². The van der Waals surface area contributed by atoms with Crippen LogP contribution in [0.25, 0.3) is 0 Å². The van der Waals surface area contributed by atoms with Gasteiger partial charge < -0.3 is 0 Å². The van der Waals surface area contributed by atoms with Crippen LogP contribution in [0, 0.1) is 0 Å². The van der Waals surface area contributed by atoms with Crippen LogP contribution in [-0.4, -0.2) is 42.0 Å². The molecule has 7 heavy (non-hydrogen) atoms. The molecule has 0 fully saturated rings. The Kier molecular flexibility index (Phi) is 76.2. The van der Waals surface area contributed by atoms with Crippen LogP contribution >= 0.6 is 0 Å². The smallest absolute Gasteiger partial charge is 2.00 e. The number of hydrogen-bond donors (Lipinski definition) is 0. The van der Waals surface area contributed by atoms with Crippen LogP contribution in [0.3, 0.4) is 0 Å². The molecule has 0 aromatic carbocycles. The Morgan fingerprint density at radius 1 is 1.00 bits per heavy atom. The van der Waals surface area contributed by atoms with Crippen LogP contribution in [0.2, 0.25) is 0 Å². The summed E-state index contributed by atoms with van der Waals surface area (Å²) in [5.41, 5.74) is 0. The fraction of sp³-hybridized carbons (Fsp3) is 0. The van der Waals surface area contributed by atoms with Gasteiger partial charge in [0, 0.05) is 0 Å². The van der Waals surface area contributed by atoms with E-state index in [0.29, 0.717) is 0 Å². The minimum absolute atomic E-state index is 0. The second-order valence-corrected chi connectivity index (χ2v) is 0.192. The molecule has 0 aromatic heterocycles. The molecular formula is B2O4Pb. The van der Waals surface area contributed by atoms with E-state index in [1.807, 2.05) is 0 Å². The molecule has 0 saturated heterocycles. The standard InChI is InChI=1S/2BO2.Pb/c2*2-1-3;/q2*-1;+2. The second kappa shape index (κ2) is 34.0. The molecule has 0 amide bonds. The third-order valence-corrected chi connectivity index (χ3v) is 0. The van der Waals surface area contributed by atoms with Gasteiger partial charge in [-0.3, -0.25) is 0 Å². The fourth-order valence-electron chi connectivity index (χ4n) is 0. The Morgan fingerprint density at radius 2 is 1.00 bits per heavy atom. The van der Waals surface area contributed by atoms with Crippen molar-refractivity contribution in [3.05, 3.63) is 0 Å². The summed E-state index contributed by atoms with van der Waals surface area (Å²) in [7, 11) is -1.00. The van der Waals surface area contributed by atoms with Crippen molar-refractivity contribution in [1.29, 1.82) is 0 Å². The zero-order chi connectivity index (χ0) is 5.41. The molecule has 0 saturated carbocycles. The molecule has 4 nitrogen and oxygen atoms in total. The van der Waals surface area contributed by atoms with Crippen molar-refractivity contribution in [2.75, 3.05) is 0 Å². The third-order valence-electron chi connectivity index (χ3n) is 0. The van der Waals surface area contributed by atoms with Gasteiger partial charge in [0.25, 0.3) is 0 Å². The van der Waals surface area contributed by atoms with Crippen molar-refractivity contribution in [2.24, 2.45) is 0 Å². The van der Waals surface area contributed by atoms with E-state index in [-0.39, 0.29) is 27.3 Å². The average Bonchev–Trinajstić information content (AvgIpc) is 1.39. The fourth-order valence-corrected chi connectivity index (χ4v) is 0. The minimum Gasteiger partial charge on any atom is 2.00 e. The molecule has 0 aliphatic heterocycles. The zero-order valence-corrected chi connectivity index (χ0v) is 7.18. The van der Waals surface area contributed by atoms with E-state index < -0.39 is 14.7 Å². The van der Waals surface area contributed by atoms with Gasteiger partial charge >= 0.3 is 61.5 Å². The molecule has 0 aliphatic rings. The topological polar surface area (TPSA) is 80.3 Å². The molecular weight excluding hydrogens is 293 g/mol. The zero-order valence-electron chi connectivity index (χ0n) is 3.29. The molecule has 0 rings (SSSR count). The normalized spacial score (nSPS) is 2.29. The predicted molar refractivity (Wildman–Crippen MR) is 18.6 cm³/mol. The van der Waals surface area contributed by atoms with Gasteiger partial charge in [-0.1, -0.05) is 0 Å². The quantitative estimate of drug-likeness (QED) is 0.430. The molecule has 7 heteroatoms.